The van der Waals surface area contributed by atoms with Crippen LogP contribution in [-0.2, 0) is 14.8 Å². The molecule has 0 unspecified atom stereocenters. The quantitative estimate of drug-likeness (QED) is 0.809. The average molecular weight is 380 g/mol. The van der Waals surface area contributed by atoms with Crippen LogP contribution in [0.3, 0.4) is 0 Å². The Bertz CT molecular complexity index is 882. The van der Waals surface area contributed by atoms with E-state index in [4.69, 9.17) is 0 Å². The lowest BCUT2D eigenvalue weighted by atomic mass is 10.1. The highest BCUT2D eigenvalue weighted by Gasteiger charge is 2.34. The van der Waals surface area contributed by atoms with Crippen molar-refractivity contribution >= 4 is 38.7 Å². The minimum absolute atomic E-state index is 0.137. The summed E-state index contributed by atoms with van der Waals surface area (Å²) in [4.78, 5) is 14.5. The third-order valence-electron chi connectivity index (χ3n) is 5.12. The maximum Gasteiger partial charge on any atom is 0.245 e. The SMILES string of the molecule is O=C(C1CCCC1)N1CCN(S(=O)(=O)c2cccc3nsnc23)CC1. The monoisotopic (exact) mass is 380 g/mol. The summed E-state index contributed by atoms with van der Waals surface area (Å²) in [6.07, 6.45) is 4.18. The normalized spacial score (nSPS) is 20.4. The second kappa shape index (κ2) is 6.62. The number of nitrogens with zero attached hydrogens (tertiary/aromatic N) is 4. The zero-order chi connectivity index (χ0) is 17.4. The average Bonchev–Trinajstić information content (AvgIpc) is 3.32. The van der Waals surface area contributed by atoms with Gasteiger partial charge in [0.05, 0.1) is 11.7 Å². The van der Waals surface area contributed by atoms with Gasteiger partial charge in [-0.1, -0.05) is 18.9 Å². The summed E-state index contributed by atoms with van der Waals surface area (Å²) in [6.45, 7) is 1.57. The molecule has 0 spiro atoms. The highest BCUT2D eigenvalue weighted by atomic mass is 32.2. The number of sulfonamides is 1. The molecule has 1 aromatic heterocycles. The molecule has 134 valence electrons. The molecule has 1 aliphatic carbocycles. The van der Waals surface area contributed by atoms with Crippen LogP contribution in [0.25, 0.3) is 11.0 Å². The van der Waals surface area contributed by atoms with Gasteiger partial charge in [-0.25, -0.2) is 8.42 Å². The third kappa shape index (κ3) is 3.04. The number of carbonyl (C=O) groups excluding carboxylic acids is 1. The van der Waals surface area contributed by atoms with E-state index < -0.39 is 10.0 Å². The molecule has 1 aromatic carbocycles. The number of hydrogen-bond donors (Lipinski definition) is 0. The van der Waals surface area contributed by atoms with E-state index in [0.29, 0.717) is 37.2 Å². The van der Waals surface area contributed by atoms with Crippen LogP contribution in [0.15, 0.2) is 23.1 Å². The second-order valence-electron chi connectivity index (χ2n) is 6.60. The smallest absolute Gasteiger partial charge is 0.245 e. The van der Waals surface area contributed by atoms with Crippen molar-refractivity contribution in [1.29, 1.82) is 0 Å². The number of carbonyl (C=O) groups is 1. The fourth-order valence-corrected chi connectivity index (χ4v) is 5.88. The second-order valence-corrected chi connectivity index (χ2v) is 9.03. The molecule has 0 bridgehead atoms. The van der Waals surface area contributed by atoms with Gasteiger partial charge >= 0.3 is 0 Å². The molecule has 0 N–H and O–H groups in total. The number of fused-ring (bicyclic) bond motifs is 1. The van der Waals surface area contributed by atoms with Crippen LogP contribution in [0.4, 0.5) is 0 Å². The predicted molar refractivity (Wildman–Crippen MR) is 94.7 cm³/mol. The zero-order valence-electron chi connectivity index (χ0n) is 13.8. The molecule has 7 nitrogen and oxygen atoms in total. The Hall–Kier alpha value is -1.58. The minimum Gasteiger partial charge on any atom is -0.340 e. The summed E-state index contributed by atoms with van der Waals surface area (Å²) >= 11 is 1.01. The van der Waals surface area contributed by atoms with Crippen LogP contribution in [-0.4, -0.2) is 58.5 Å². The van der Waals surface area contributed by atoms with E-state index in [1.807, 2.05) is 4.90 Å². The molecular formula is C16H20N4O3S2. The molecule has 25 heavy (non-hydrogen) atoms. The van der Waals surface area contributed by atoms with E-state index in [1.165, 1.54) is 4.31 Å². The number of piperazine rings is 1. The first-order valence-corrected chi connectivity index (χ1v) is 10.7. The van der Waals surface area contributed by atoms with Crippen LogP contribution in [0.1, 0.15) is 25.7 Å². The van der Waals surface area contributed by atoms with Crippen molar-refractivity contribution in [2.75, 3.05) is 26.2 Å². The Morgan fingerprint density at radius 2 is 1.80 bits per heavy atom. The molecule has 0 atom stereocenters. The Morgan fingerprint density at radius 1 is 1.08 bits per heavy atom. The van der Waals surface area contributed by atoms with E-state index in [2.05, 4.69) is 8.75 Å². The van der Waals surface area contributed by atoms with Gasteiger partial charge in [0.2, 0.25) is 15.9 Å². The van der Waals surface area contributed by atoms with Crippen molar-refractivity contribution in [2.45, 2.75) is 30.6 Å². The maximum atomic E-state index is 13.0. The molecule has 1 saturated heterocycles. The lowest BCUT2D eigenvalue weighted by molar-refractivity contribution is -0.136. The van der Waals surface area contributed by atoms with E-state index in [0.717, 1.165) is 37.4 Å². The van der Waals surface area contributed by atoms with Crippen molar-refractivity contribution in [3.05, 3.63) is 18.2 Å². The van der Waals surface area contributed by atoms with E-state index >= 15 is 0 Å². The molecule has 2 aliphatic rings. The lowest BCUT2D eigenvalue weighted by Crippen LogP contribution is -2.51. The van der Waals surface area contributed by atoms with Gasteiger partial charge in [-0.3, -0.25) is 4.79 Å². The summed E-state index contributed by atoms with van der Waals surface area (Å²) in [5.74, 6) is 0.332. The first-order valence-electron chi connectivity index (χ1n) is 8.57. The fourth-order valence-electron chi connectivity index (χ4n) is 3.71. The molecule has 0 radical (unpaired) electrons. The summed E-state index contributed by atoms with van der Waals surface area (Å²) < 4.78 is 35.7. The van der Waals surface area contributed by atoms with E-state index in [-0.39, 0.29) is 16.7 Å². The van der Waals surface area contributed by atoms with Crippen LogP contribution in [0.2, 0.25) is 0 Å². The van der Waals surface area contributed by atoms with Crippen molar-refractivity contribution in [3.8, 4) is 0 Å². The highest BCUT2D eigenvalue weighted by Crippen LogP contribution is 2.28. The van der Waals surface area contributed by atoms with Crippen molar-refractivity contribution in [3.63, 3.8) is 0 Å². The number of benzene rings is 1. The topological polar surface area (TPSA) is 83.5 Å². The number of amides is 1. The summed E-state index contributed by atoms with van der Waals surface area (Å²) in [5.41, 5.74) is 1.03. The van der Waals surface area contributed by atoms with Gasteiger partial charge in [-0.15, -0.1) is 0 Å². The third-order valence-corrected chi connectivity index (χ3v) is 7.59. The largest absolute Gasteiger partial charge is 0.340 e. The Balaban J connectivity index is 1.50. The van der Waals surface area contributed by atoms with Crippen LogP contribution >= 0.6 is 11.7 Å². The van der Waals surface area contributed by atoms with Crippen LogP contribution < -0.4 is 0 Å². The number of rotatable bonds is 3. The molecule has 4 rings (SSSR count). The number of hydrogen-bond acceptors (Lipinski definition) is 6. The van der Waals surface area contributed by atoms with Gasteiger partial charge in [0.15, 0.2) is 0 Å². The Kier molecular flexibility index (Phi) is 4.47. The fraction of sp³-hybridized carbons (Fsp3) is 0.562. The Labute approximate surface area is 151 Å². The van der Waals surface area contributed by atoms with Gasteiger partial charge in [0.25, 0.3) is 0 Å². The minimum atomic E-state index is -3.63. The first-order chi connectivity index (χ1) is 12.1. The predicted octanol–water partition coefficient (Wildman–Crippen LogP) is 1.71. The molecule has 2 fully saturated rings. The Morgan fingerprint density at radius 3 is 2.52 bits per heavy atom. The molecule has 1 saturated carbocycles. The van der Waals surface area contributed by atoms with E-state index in [9.17, 15) is 13.2 Å². The maximum absolute atomic E-state index is 13.0. The lowest BCUT2D eigenvalue weighted by Gasteiger charge is -2.35. The molecule has 1 aliphatic heterocycles. The van der Waals surface area contributed by atoms with E-state index in [1.54, 1.807) is 18.2 Å². The first kappa shape index (κ1) is 16.9. The van der Waals surface area contributed by atoms with Crippen molar-refractivity contribution in [1.82, 2.24) is 18.0 Å². The van der Waals surface area contributed by atoms with Gasteiger partial charge in [0.1, 0.15) is 15.9 Å². The number of aromatic nitrogens is 2. The standard InChI is InChI=1S/C16H20N4O3S2/c21-16(12-4-1-2-5-12)19-8-10-20(11-9-19)25(22,23)14-7-3-6-13-15(14)18-24-17-13/h3,6-7,12H,1-2,4-5,8-11H2. The highest BCUT2D eigenvalue weighted by molar-refractivity contribution is 7.89. The van der Waals surface area contributed by atoms with Crippen molar-refractivity contribution in [2.24, 2.45) is 5.92 Å². The molecule has 2 heterocycles. The van der Waals surface area contributed by atoms with Gasteiger partial charge in [-0.05, 0) is 25.0 Å². The molecule has 1 amide bonds. The molecule has 2 aromatic rings. The van der Waals surface area contributed by atoms with Gasteiger partial charge in [0, 0.05) is 32.1 Å². The van der Waals surface area contributed by atoms with Gasteiger partial charge in [-0.2, -0.15) is 13.1 Å². The summed E-state index contributed by atoms with van der Waals surface area (Å²) in [7, 11) is -3.63. The molecule has 9 heteroatoms. The zero-order valence-corrected chi connectivity index (χ0v) is 15.4. The van der Waals surface area contributed by atoms with Gasteiger partial charge < -0.3 is 4.90 Å². The van der Waals surface area contributed by atoms with Crippen LogP contribution in [0.5, 0.6) is 0 Å². The molecular weight excluding hydrogens is 360 g/mol. The van der Waals surface area contributed by atoms with Crippen molar-refractivity contribution < 1.29 is 13.2 Å². The summed E-state index contributed by atoms with van der Waals surface area (Å²) in [6, 6.07) is 5.03. The van der Waals surface area contributed by atoms with Crippen LogP contribution in [0, 0.1) is 5.92 Å². The summed E-state index contributed by atoms with van der Waals surface area (Å²) in [5, 5.41) is 0.